The average molecular weight is 118 g/mol. The molecule has 0 heterocycles. The van der Waals surface area contributed by atoms with Crippen molar-refractivity contribution >= 4 is 8.46 Å². The maximum Gasteiger partial charge on any atom is 0.158 e. The molecule has 0 amide bonds. The first-order valence-electron chi connectivity index (χ1n) is 2.51. The third-order valence-electron chi connectivity index (χ3n) is 1.13. The second kappa shape index (κ2) is 3.15. The summed E-state index contributed by atoms with van der Waals surface area (Å²) in [6, 6.07) is 0. The van der Waals surface area contributed by atoms with E-state index < -0.39 is 0 Å². The Labute approximate surface area is 46.3 Å². The van der Waals surface area contributed by atoms with Crippen LogP contribution in [0.3, 0.4) is 0 Å². The van der Waals surface area contributed by atoms with Crippen LogP contribution in [0.1, 0.15) is 20.8 Å². The molecule has 0 fully saturated rings. The van der Waals surface area contributed by atoms with E-state index in [0.717, 1.165) is 0 Å². The van der Waals surface area contributed by atoms with E-state index in [1.54, 1.807) is 0 Å². The minimum atomic E-state index is 0.272. The third kappa shape index (κ3) is 2.76. The van der Waals surface area contributed by atoms with E-state index in [2.05, 4.69) is 13.8 Å². The summed E-state index contributed by atoms with van der Waals surface area (Å²) in [7, 11) is 0.272. The van der Waals surface area contributed by atoms with E-state index in [-0.39, 0.29) is 8.46 Å². The Hall–Kier alpha value is 0.100. The molecule has 42 valence electrons. The van der Waals surface area contributed by atoms with Crippen molar-refractivity contribution in [2.75, 3.05) is 0 Å². The summed E-state index contributed by atoms with van der Waals surface area (Å²) in [6.07, 6.45) is 0. The zero-order chi connectivity index (χ0) is 5.86. The van der Waals surface area contributed by atoms with Crippen LogP contribution in [0.15, 0.2) is 0 Å². The fraction of sp³-hybridized carbons (Fsp3) is 1.00. The monoisotopic (exact) mass is 118 g/mol. The molecule has 0 rings (SSSR count). The molecule has 0 aromatic carbocycles. The predicted molar refractivity (Wildman–Crippen MR) is 31.9 cm³/mol. The lowest BCUT2D eigenvalue weighted by atomic mass is 10.2. The second-order valence-electron chi connectivity index (χ2n) is 2.09. The lowest BCUT2D eigenvalue weighted by Crippen LogP contribution is -2.00. The van der Waals surface area contributed by atoms with Crippen LogP contribution in [-0.2, 0) is 4.57 Å². The van der Waals surface area contributed by atoms with E-state index in [4.69, 9.17) is 0 Å². The van der Waals surface area contributed by atoms with E-state index in [1.165, 1.54) is 0 Å². The van der Waals surface area contributed by atoms with Gasteiger partial charge in [-0.25, -0.2) is 0 Å². The Bertz CT molecular complexity index is 61.1. The van der Waals surface area contributed by atoms with Gasteiger partial charge in [0.15, 0.2) is 8.46 Å². The largest absolute Gasteiger partial charge is 0.275 e. The molecule has 0 aromatic rings. The Kier molecular flexibility index (Phi) is 3.19. The Morgan fingerprint density at radius 1 is 1.29 bits per heavy atom. The van der Waals surface area contributed by atoms with Crippen LogP contribution in [0.25, 0.3) is 0 Å². The number of hydrogen-bond donors (Lipinski definition) is 0. The fourth-order valence-electron chi connectivity index (χ4n) is 0.122. The van der Waals surface area contributed by atoms with Gasteiger partial charge in [-0.15, -0.1) is 0 Å². The van der Waals surface area contributed by atoms with Gasteiger partial charge in [-0.2, -0.15) is 0 Å². The highest BCUT2D eigenvalue weighted by Gasteiger charge is 2.03. The van der Waals surface area contributed by atoms with Crippen LogP contribution in [-0.4, -0.2) is 5.66 Å². The average Bonchev–Trinajstić information content (AvgIpc) is 1.65. The van der Waals surface area contributed by atoms with Crippen LogP contribution >= 0.6 is 8.46 Å². The van der Waals surface area contributed by atoms with Crippen molar-refractivity contribution in [2.24, 2.45) is 5.92 Å². The lowest BCUT2D eigenvalue weighted by molar-refractivity contribution is 0.566. The highest BCUT2D eigenvalue weighted by molar-refractivity contribution is 7.24. The molecule has 0 spiro atoms. The summed E-state index contributed by atoms with van der Waals surface area (Å²) in [6.45, 7) is 6.10. The highest BCUT2D eigenvalue weighted by atomic mass is 31.1. The van der Waals surface area contributed by atoms with Crippen molar-refractivity contribution in [1.82, 2.24) is 0 Å². The zero-order valence-corrected chi connectivity index (χ0v) is 5.90. The van der Waals surface area contributed by atoms with Gasteiger partial charge >= 0.3 is 0 Å². The Morgan fingerprint density at radius 3 is 1.71 bits per heavy atom. The molecule has 0 aliphatic carbocycles. The molecule has 0 aromatic heterocycles. The SMILES string of the molecule is CC(C)C(C)P=O. The van der Waals surface area contributed by atoms with Crippen molar-refractivity contribution in [3.05, 3.63) is 0 Å². The highest BCUT2D eigenvalue weighted by Crippen LogP contribution is 2.14. The summed E-state index contributed by atoms with van der Waals surface area (Å²) < 4.78 is 10.0. The number of hydrogen-bond acceptors (Lipinski definition) is 1. The van der Waals surface area contributed by atoms with E-state index >= 15 is 0 Å². The summed E-state index contributed by atoms with van der Waals surface area (Å²) >= 11 is 0. The molecule has 1 nitrogen and oxygen atoms in total. The minimum absolute atomic E-state index is 0.272. The Balaban J connectivity index is 3.33. The van der Waals surface area contributed by atoms with Crippen LogP contribution < -0.4 is 0 Å². The van der Waals surface area contributed by atoms with Crippen molar-refractivity contribution in [3.8, 4) is 0 Å². The fourth-order valence-corrected chi connectivity index (χ4v) is 0.365. The molecule has 2 heteroatoms. The van der Waals surface area contributed by atoms with Crippen molar-refractivity contribution < 1.29 is 4.57 Å². The predicted octanol–water partition coefficient (Wildman–Crippen LogP) is 2.32. The van der Waals surface area contributed by atoms with Gasteiger partial charge in [0.2, 0.25) is 0 Å². The molecule has 7 heavy (non-hydrogen) atoms. The maximum atomic E-state index is 10.0. The molecule has 0 aliphatic rings. The van der Waals surface area contributed by atoms with Crippen LogP contribution in [0, 0.1) is 5.92 Å². The number of rotatable bonds is 2. The molecule has 0 N–H and O–H groups in total. The summed E-state index contributed by atoms with van der Waals surface area (Å²) in [5.74, 6) is 0.541. The minimum Gasteiger partial charge on any atom is -0.275 e. The smallest absolute Gasteiger partial charge is 0.158 e. The standard InChI is InChI=1S/C5H11OP/c1-4(2)5(3)7-6/h4-5H,1-3H3. The quantitative estimate of drug-likeness (QED) is 0.508. The molecule has 0 bridgehead atoms. The second-order valence-corrected chi connectivity index (χ2v) is 3.12. The molecule has 0 aliphatic heterocycles. The van der Waals surface area contributed by atoms with Crippen LogP contribution in [0.2, 0.25) is 0 Å². The van der Waals surface area contributed by atoms with Gasteiger partial charge in [0.1, 0.15) is 0 Å². The summed E-state index contributed by atoms with van der Waals surface area (Å²) in [4.78, 5) is 0. The van der Waals surface area contributed by atoms with Crippen molar-refractivity contribution in [3.63, 3.8) is 0 Å². The molecule has 1 atom stereocenters. The van der Waals surface area contributed by atoms with Gasteiger partial charge in [-0.3, -0.25) is 4.57 Å². The lowest BCUT2D eigenvalue weighted by Gasteiger charge is -2.02. The van der Waals surface area contributed by atoms with Gasteiger partial charge in [-0.1, -0.05) is 20.8 Å². The molecule has 1 unspecified atom stereocenters. The van der Waals surface area contributed by atoms with E-state index in [9.17, 15) is 4.57 Å². The van der Waals surface area contributed by atoms with Crippen molar-refractivity contribution in [1.29, 1.82) is 0 Å². The summed E-state index contributed by atoms with van der Waals surface area (Å²) in [5.41, 5.74) is 0.319. The topological polar surface area (TPSA) is 17.1 Å². The summed E-state index contributed by atoms with van der Waals surface area (Å²) in [5, 5.41) is 0. The van der Waals surface area contributed by atoms with Gasteiger partial charge in [-0.05, 0) is 5.92 Å². The van der Waals surface area contributed by atoms with Gasteiger partial charge in [0, 0.05) is 5.66 Å². The van der Waals surface area contributed by atoms with Gasteiger partial charge in [0.05, 0.1) is 0 Å². The van der Waals surface area contributed by atoms with Gasteiger partial charge in [0.25, 0.3) is 0 Å². The Morgan fingerprint density at radius 2 is 1.71 bits per heavy atom. The maximum absolute atomic E-state index is 10.0. The van der Waals surface area contributed by atoms with Crippen LogP contribution in [0.5, 0.6) is 0 Å². The molecule has 0 saturated heterocycles. The zero-order valence-electron chi connectivity index (χ0n) is 5.01. The first-order chi connectivity index (χ1) is 3.18. The first-order valence-corrected chi connectivity index (χ1v) is 3.39. The molecular formula is C5H11OP. The molecular weight excluding hydrogens is 107 g/mol. The first kappa shape index (κ1) is 7.10. The van der Waals surface area contributed by atoms with Crippen molar-refractivity contribution in [2.45, 2.75) is 26.4 Å². The van der Waals surface area contributed by atoms with Crippen LogP contribution in [0.4, 0.5) is 0 Å². The van der Waals surface area contributed by atoms with E-state index in [1.807, 2.05) is 6.92 Å². The molecule has 0 saturated carbocycles. The van der Waals surface area contributed by atoms with E-state index in [0.29, 0.717) is 11.6 Å². The third-order valence-corrected chi connectivity index (χ3v) is 2.06. The molecule has 0 radical (unpaired) electrons. The van der Waals surface area contributed by atoms with Gasteiger partial charge < -0.3 is 0 Å². The normalized spacial score (nSPS) is 15.4.